The van der Waals surface area contributed by atoms with Gasteiger partial charge in [-0.2, -0.15) is 0 Å². The highest BCUT2D eigenvalue weighted by atomic mass is 79.9. The summed E-state index contributed by atoms with van der Waals surface area (Å²) in [6, 6.07) is 8.10. The van der Waals surface area contributed by atoms with Crippen molar-refractivity contribution in [1.29, 1.82) is 0 Å². The lowest BCUT2D eigenvalue weighted by Crippen LogP contribution is -2.53. The molecule has 1 unspecified atom stereocenters. The number of nitrogens with zero attached hydrogens (tertiary/aromatic N) is 1. The molecule has 0 heterocycles. The fraction of sp³-hybridized carbons (Fsp3) is 0.417. The summed E-state index contributed by atoms with van der Waals surface area (Å²) in [4.78, 5) is 27.5. The van der Waals surface area contributed by atoms with Crippen molar-refractivity contribution < 1.29 is 14.3 Å². The molecular formula is C24H29BrCl2N2O3. The second kappa shape index (κ2) is 10.9. The van der Waals surface area contributed by atoms with Crippen molar-refractivity contribution >= 4 is 50.9 Å². The summed E-state index contributed by atoms with van der Waals surface area (Å²) in [7, 11) is 0. The van der Waals surface area contributed by atoms with Crippen LogP contribution in [-0.2, 0) is 16.1 Å². The Morgan fingerprint density at radius 3 is 2.16 bits per heavy atom. The van der Waals surface area contributed by atoms with Gasteiger partial charge in [-0.15, -0.1) is 0 Å². The predicted octanol–water partition coefficient (Wildman–Crippen LogP) is 6.08. The fourth-order valence-corrected chi connectivity index (χ4v) is 3.87. The first-order valence-electron chi connectivity index (χ1n) is 10.2. The van der Waals surface area contributed by atoms with E-state index in [-0.39, 0.29) is 25.0 Å². The Bertz CT molecular complexity index is 962. The molecule has 2 amide bonds. The third-order valence-electron chi connectivity index (χ3n) is 4.83. The summed E-state index contributed by atoms with van der Waals surface area (Å²) < 4.78 is 6.78. The van der Waals surface area contributed by atoms with E-state index in [9.17, 15) is 9.59 Å². The molecule has 0 aliphatic carbocycles. The van der Waals surface area contributed by atoms with Gasteiger partial charge in [-0.3, -0.25) is 9.59 Å². The minimum absolute atomic E-state index is 0.0812. The molecule has 0 fully saturated rings. The summed E-state index contributed by atoms with van der Waals surface area (Å²) >= 11 is 16.2. The van der Waals surface area contributed by atoms with E-state index in [4.69, 9.17) is 27.9 Å². The molecule has 0 saturated heterocycles. The molecule has 8 heteroatoms. The van der Waals surface area contributed by atoms with Crippen molar-refractivity contribution in [3.8, 4) is 5.75 Å². The van der Waals surface area contributed by atoms with E-state index in [0.29, 0.717) is 21.4 Å². The highest BCUT2D eigenvalue weighted by Gasteiger charge is 2.29. The van der Waals surface area contributed by atoms with Crippen LogP contribution in [0.4, 0.5) is 0 Å². The third kappa shape index (κ3) is 7.12. The van der Waals surface area contributed by atoms with Crippen LogP contribution in [0.2, 0.25) is 10.0 Å². The van der Waals surface area contributed by atoms with Crippen LogP contribution in [0, 0.1) is 13.8 Å². The summed E-state index contributed by atoms with van der Waals surface area (Å²) in [6.45, 7) is 11.1. The number of nitrogens with one attached hydrogen (secondary N) is 1. The molecule has 2 aromatic rings. The molecular weight excluding hydrogens is 515 g/mol. The average Bonchev–Trinajstić information content (AvgIpc) is 2.68. The number of aryl methyl sites for hydroxylation is 2. The lowest BCUT2D eigenvalue weighted by atomic mass is 10.1. The van der Waals surface area contributed by atoms with Gasteiger partial charge in [-0.1, -0.05) is 45.2 Å². The Morgan fingerprint density at radius 1 is 1.12 bits per heavy atom. The molecule has 5 nitrogen and oxygen atoms in total. The fourth-order valence-electron chi connectivity index (χ4n) is 3.13. The van der Waals surface area contributed by atoms with Crippen LogP contribution in [0.5, 0.6) is 5.75 Å². The van der Waals surface area contributed by atoms with Gasteiger partial charge in [0, 0.05) is 32.2 Å². The van der Waals surface area contributed by atoms with Crippen LogP contribution in [0.1, 0.15) is 44.4 Å². The van der Waals surface area contributed by atoms with Crippen LogP contribution in [0.15, 0.2) is 34.8 Å². The molecule has 0 aromatic heterocycles. The summed E-state index contributed by atoms with van der Waals surface area (Å²) in [5.41, 5.74) is 2.15. The van der Waals surface area contributed by atoms with Crippen LogP contribution in [0.3, 0.4) is 0 Å². The average molecular weight is 544 g/mol. The largest absolute Gasteiger partial charge is 0.484 e. The lowest BCUT2D eigenvalue weighted by Gasteiger charge is -2.31. The van der Waals surface area contributed by atoms with E-state index >= 15 is 0 Å². The van der Waals surface area contributed by atoms with Crippen LogP contribution in [-0.4, -0.2) is 34.9 Å². The van der Waals surface area contributed by atoms with E-state index < -0.39 is 11.6 Å². The molecule has 0 spiro atoms. The first kappa shape index (κ1) is 26.5. The first-order valence-corrected chi connectivity index (χ1v) is 11.8. The van der Waals surface area contributed by atoms with E-state index in [2.05, 4.69) is 21.2 Å². The minimum atomic E-state index is -0.758. The number of benzene rings is 2. The Hall–Kier alpha value is -1.76. The van der Waals surface area contributed by atoms with Crippen molar-refractivity contribution in [2.24, 2.45) is 0 Å². The molecule has 2 rings (SSSR count). The van der Waals surface area contributed by atoms with Gasteiger partial charge in [0.25, 0.3) is 5.91 Å². The van der Waals surface area contributed by atoms with Gasteiger partial charge in [0.15, 0.2) is 6.61 Å². The van der Waals surface area contributed by atoms with Crippen LogP contribution in [0.25, 0.3) is 0 Å². The number of carbonyl (C=O) groups is 2. The summed E-state index contributed by atoms with van der Waals surface area (Å²) in [5.74, 6) is -0.0424. The number of carbonyl (C=O) groups excluding carboxylic acids is 2. The molecule has 0 bridgehead atoms. The zero-order valence-corrected chi connectivity index (χ0v) is 22.3. The van der Waals surface area contributed by atoms with Crippen LogP contribution < -0.4 is 10.1 Å². The molecule has 0 saturated carbocycles. The Labute approximate surface area is 208 Å². The number of amides is 2. The van der Waals surface area contributed by atoms with Crippen molar-refractivity contribution in [2.75, 3.05) is 6.61 Å². The second-order valence-corrected chi connectivity index (χ2v) is 10.4. The maximum Gasteiger partial charge on any atom is 0.261 e. The zero-order valence-electron chi connectivity index (χ0n) is 19.2. The first-order chi connectivity index (χ1) is 14.8. The smallest absolute Gasteiger partial charge is 0.261 e. The molecule has 0 aliphatic heterocycles. The number of rotatable bonds is 7. The van der Waals surface area contributed by atoms with Crippen molar-refractivity contribution in [2.45, 2.75) is 59.7 Å². The number of ether oxygens (including phenoxy) is 1. The maximum absolute atomic E-state index is 13.2. The maximum atomic E-state index is 13.2. The molecule has 0 radical (unpaired) electrons. The Balaban J connectivity index is 2.28. The Morgan fingerprint density at radius 2 is 1.66 bits per heavy atom. The molecule has 1 N–H and O–H groups in total. The minimum Gasteiger partial charge on any atom is -0.484 e. The topological polar surface area (TPSA) is 58.6 Å². The van der Waals surface area contributed by atoms with Crippen molar-refractivity contribution in [1.82, 2.24) is 10.2 Å². The SMILES string of the molecule is Cc1cc(OCC(=O)N(Cc2c(Cl)cccc2Cl)C(C)C(=O)NC(C)(C)C)cc(C)c1Br. The van der Waals surface area contributed by atoms with E-state index in [1.54, 1.807) is 25.1 Å². The quantitative estimate of drug-likeness (QED) is 0.460. The van der Waals surface area contributed by atoms with Gasteiger partial charge in [-0.25, -0.2) is 0 Å². The summed E-state index contributed by atoms with van der Waals surface area (Å²) in [6.07, 6.45) is 0. The van der Waals surface area contributed by atoms with Gasteiger partial charge in [-0.05, 0) is 76.9 Å². The van der Waals surface area contributed by atoms with Gasteiger partial charge in [0.1, 0.15) is 11.8 Å². The highest BCUT2D eigenvalue weighted by molar-refractivity contribution is 9.10. The number of hydrogen-bond donors (Lipinski definition) is 1. The van der Waals surface area contributed by atoms with Gasteiger partial charge >= 0.3 is 0 Å². The van der Waals surface area contributed by atoms with E-state index in [0.717, 1.165) is 15.6 Å². The van der Waals surface area contributed by atoms with Crippen molar-refractivity contribution in [3.05, 3.63) is 61.5 Å². The molecule has 1 atom stereocenters. The lowest BCUT2D eigenvalue weighted by molar-refractivity contribution is -0.142. The standard InChI is InChI=1S/C24H29BrCl2N2O3/c1-14-10-17(11-15(2)22(14)25)32-13-21(30)29(16(3)23(31)28-24(4,5)6)12-18-19(26)8-7-9-20(18)27/h7-11,16H,12-13H2,1-6H3,(H,28,31). The third-order valence-corrected chi connectivity index (χ3v) is 6.79. The van der Waals surface area contributed by atoms with Gasteiger partial charge in [0.05, 0.1) is 0 Å². The number of halogens is 3. The predicted molar refractivity (Wildman–Crippen MR) is 133 cm³/mol. The van der Waals surface area contributed by atoms with Gasteiger partial charge < -0.3 is 15.0 Å². The van der Waals surface area contributed by atoms with Crippen LogP contribution >= 0.6 is 39.1 Å². The zero-order chi connectivity index (χ0) is 24.2. The number of hydrogen-bond acceptors (Lipinski definition) is 3. The Kier molecular flexibility index (Phi) is 9.03. The monoisotopic (exact) mass is 542 g/mol. The molecule has 0 aliphatic rings. The molecule has 2 aromatic carbocycles. The highest BCUT2D eigenvalue weighted by Crippen LogP contribution is 2.28. The van der Waals surface area contributed by atoms with Gasteiger partial charge in [0.2, 0.25) is 5.91 Å². The summed E-state index contributed by atoms with van der Waals surface area (Å²) in [5, 5.41) is 3.78. The van der Waals surface area contributed by atoms with E-state index in [1.165, 1.54) is 4.90 Å². The van der Waals surface area contributed by atoms with E-state index in [1.807, 2.05) is 46.8 Å². The molecule has 174 valence electrons. The molecule has 32 heavy (non-hydrogen) atoms. The van der Waals surface area contributed by atoms with Crippen molar-refractivity contribution in [3.63, 3.8) is 0 Å². The second-order valence-electron chi connectivity index (χ2n) is 8.80. The normalized spacial score (nSPS) is 12.3.